The average molecular weight is 537 g/mol. The fourth-order valence-corrected chi connectivity index (χ4v) is 4.30. The number of alkyl halides is 3. The molecule has 4 rings (SSSR count). The molecule has 196 valence electrons. The van der Waals surface area contributed by atoms with E-state index in [2.05, 4.69) is 9.84 Å². The zero-order valence-electron chi connectivity index (χ0n) is 20.2. The van der Waals surface area contributed by atoms with Crippen LogP contribution in [0.25, 0.3) is 16.9 Å². The molecule has 0 spiro atoms. The molecule has 3 aromatic rings. The summed E-state index contributed by atoms with van der Waals surface area (Å²) < 4.78 is 50.1. The van der Waals surface area contributed by atoms with Crippen LogP contribution in [-0.4, -0.2) is 39.1 Å². The number of halogens is 4. The Morgan fingerprint density at radius 3 is 2.30 bits per heavy atom. The van der Waals surface area contributed by atoms with Crippen molar-refractivity contribution in [3.05, 3.63) is 64.8 Å². The van der Waals surface area contributed by atoms with Crippen LogP contribution in [0.4, 0.5) is 18.0 Å². The summed E-state index contributed by atoms with van der Waals surface area (Å²) in [5.41, 5.74) is 6.73. The number of ether oxygens (including phenoxy) is 2. The lowest BCUT2D eigenvalue weighted by Crippen LogP contribution is -2.46. The van der Waals surface area contributed by atoms with Crippen LogP contribution in [0.1, 0.15) is 32.0 Å². The molecule has 1 aliphatic rings. The zero-order valence-corrected chi connectivity index (χ0v) is 20.9. The fourth-order valence-electron chi connectivity index (χ4n) is 4.17. The van der Waals surface area contributed by atoms with Crippen LogP contribution in [-0.2, 0) is 22.6 Å². The van der Waals surface area contributed by atoms with E-state index in [0.29, 0.717) is 27.5 Å². The molecule has 0 saturated heterocycles. The van der Waals surface area contributed by atoms with Crippen molar-refractivity contribution in [3.8, 4) is 22.7 Å². The summed E-state index contributed by atoms with van der Waals surface area (Å²) in [5, 5.41) is 5.05. The standard InChI is InChI=1S/C25H24ClF3N4O4/c1-24(2,3)21(36-23(30)35)22(34)32-12-16-17(13-32)31-33(20(16)14-8-10-15(26)11-9-14)18-6-4-5-7-19(18)37-25(27,28)29/h4-11,21H,12-13H2,1-3H3,(H2,30,35). The summed E-state index contributed by atoms with van der Waals surface area (Å²) in [5.74, 6) is -0.888. The Morgan fingerprint density at radius 1 is 1.05 bits per heavy atom. The third kappa shape index (κ3) is 5.66. The van der Waals surface area contributed by atoms with Gasteiger partial charge in [0.1, 0.15) is 5.69 Å². The quantitative estimate of drug-likeness (QED) is 0.468. The third-order valence-corrected chi connectivity index (χ3v) is 6.00. The number of nitrogens with two attached hydrogens (primary N) is 1. The molecule has 0 aliphatic carbocycles. The molecule has 2 heterocycles. The summed E-state index contributed by atoms with van der Waals surface area (Å²) in [6.07, 6.45) is -7.11. The molecule has 2 N–H and O–H groups in total. The van der Waals surface area contributed by atoms with Gasteiger partial charge in [-0.15, -0.1) is 13.2 Å². The Bertz CT molecular complexity index is 1330. The maximum Gasteiger partial charge on any atom is 0.573 e. The molecule has 2 amide bonds. The number of rotatable bonds is 5. The Kier molecular flexibility index (Phi) is 6.85. The van der Waals surface area contributed by atoms with E-state index in [9.17, 15) is 22.8 Å². The summed E-state index contributed by atoms with van der Waals surface area (Å²) in [4.78, 5) is 26.3. The molecule has 2 aromatic carbocycles. The summed E-state index contributed by atoms with van der Waals surface area (Å²) in [7, 11) is 0. The van der Waals surface area contributed by atoms with Crippen molar-refractivity contribution >= 4 is 23.6 Å². The topological polar surface area (TPSA) is 99.7 Å². The van der Waals surface area contributed by atoms with Crippen LogP contribution in [0.3, 0.4) is 0 Å². The highest BCUT2D eigenvalue weighted by atomic mass is 35.5. The van der Waals surface area contributed by atoms with Gasteiger partial charge in [0, 0.05) is 21.6 Å². The minimum atomic E-state index is -4.90. The molecule has 1 atom stereocenters. The predicted octanol–water partition coefficient (Wildman–Crippen LogP) is 5.44. The van der Waals surface area contributed by atoms with Gasteiger partial charge < -0.3 is 20.1 Å². The first kappa shape index (κ1) is 26.3. The summed E-state index contributed by atoms with van der Waals surface area (Å²) in [6, 6.07) is 12.4. The number of fused-ring (bicyclic) bond motifs is 1. The highest BCUT2D eigenvalue weighted by Gasteiger charge is 2.41. The fraction of sp³-hybridized carbons (Fsp3) is 0.320. The molecule has 12 heteroatoms. The van der Waals surface area contributed by atoms with Crippen LogP contribution in [0.15, 0.2) is 48.5 Å². The van der Waals surface area contributed by atoms with Gasteiger partial charge in [-0.3, -0.25) is 4.79 Å². The number of benzene rings is 2. The van der Waals surface area contributed by atoms with Crippen LogP contribution in [0, 0.1) is 5.41 Å². The number of nitrogens with zero attached hydrogens (tertiary/aromatic N) is 3. The molecule has 1 aliphatic heterocycles. The lowest BCUT2D eigenvalue weighted by Gasteiger charge is -2.31. The van der Waals surface area contributed by atoms with Crippen LogP contribution in [0.5, 0.6) is 5.75 Å². The molecular weight excluding hydrogens is 513 g/mol. The Labute approximate surface area is 215 Å². The normalized spacial score (nSPS) is 14.3. The van der Waals surface area contributed by atoms with Gasteiger partial charge in [-0.25, -0.2) is 9.48 Å². The van der Waals surface area contributed by atoms with E-state index in [1.54, 1.807) is 51.1 Å². The number of primary amides is 1. The zero-order chi connectivity index (χ0) is 27.1. The van der Waals surface area contributed by atoms with Crippen molar-refractivity contribution in [3.63, 3.8) is 0 Å². The van der Waals surface area contributed by atoms with Gasteiger partial charge in [-0.2, -0.15) is 5.10 Å². The molecule has 1 aromatic heterocycles. The van der Waals surface area contributed by atoms with E-state index in [1.807, 2.05) is 0 Å². The number of carbonyl (C=O) groups is 2. The number of hydrogen-bond acceptors (Lipinski definition) is 5. The number of amides is 2. The van der Waals surface area contributed by atoms with E-state index >= 15 is 0 Å². The summed E-state index contributed by atoms with van der Waals surface area (Å²) in [6.45, 7) is 5.36. The van der Waals surface area contributed by atoms with Gasteiger partial charge in [-0.05, 0) is 24.3 Å². The van der Waals surface area contributed by atoms with Gasteiger partial charge in [0.25, 0.3) is 5.91 Å². The van der Waals surface area contributed by atoms with Crippen molar-refractivity contribution < 1.29 is 32.2 Å². The molecule has 37 heavy (non-hydrogen) atoms. The molecule has 0 bridgehead atoms. The number of carbonyl (C=O) groups excluding carboxylic acids is 2. The van der Waals surface area contributed by atoms with Gasteiger partial charge in [0.05, 0.1) is 24.5 Å². The molecule has 8 nitrogen and oxygen atoms in total. The molecular formula is C25H24ClF3N4O4. The first-order valence-corrected chi connectivity index (χ1v) is 11.6. The smallest absolute Gasteiger partial charge is 0.436 e. The minimum Gasteiger partial charge on any atom is -0.436 e. The van der Waals surface area contributed by atoms with Crippen LogP contribution < -0.4 is 10.5 Å². The average Bonchev–Trinajstić information content (AvgIpc) is 3.34. The number of hydrogen-bond donors (Lipinski definition) is 1. The van der Waals surface area contributed by atoms with E-state index in [4.69, 9.17) is 22.1 Å². The maximum absolute atomic E-state index is 13.3. The van der Waals surface area contributed by atoms with Gasteiger partial charge in [-0.1, -0.05) is 56.6 Å². The van der Waals surface area contributed by atoms with Gasteiger partial charge >= 0.3 is 12.5 Å². The van der Waals surface area contributed by atoms with Crippen molar-refractivity contribution in [1.82, 2.24) is 14.7 Å². The lowest BCUT2D eigenvalue weighted by molar-refractivity contribution is -0.274. The Hall–Kier alpha value is -3.73. The predicted molar refractivity (Wildman–Crippen MR) is 129 cm³/mol. The van der Waals surface area contributed by atoms with Crippen LogP contribution >= 0.6 is 11.6 Å². The molecule has 0 saturated carbocycles. The minimum absolute atomic E-state index is 0.0543. The monoisotopic (exact) mass is 536 g/mol. The van der Waals surface area contributed by atoms with E-state index in [0.717, 1.165) is 0 Å². The SMILES string of the molecule is CC(C)(C)C(OC(N)=O)C(=O)N1Cc2nn(-c3ccccc3OC(F)(F)F)c(-c3ccc(Cl)cc3)c2C1. The molecule has 0 radical (unpaired) electrons. The maximum atomic E-state index is 13.3. The Morgan fingerprint density at radius 2 is 1.70 bits per heavy atom. The van der Waals surface area contributed by atoms with Gasteiger partial charge in [0.2, 0.25) is 0 Å². The second-order valence-electron chi connectivity index (χ2n) is 9.59. The van der Waals surface area contributed by atoms with E-state index < -0.39 is 35.6 Å². The highest BCUT2D eigenvalue weighted by molar-refractivity contribution is 6.30. The van der Waals surface area contributed by atoms with Crippen molar-refractivity contribution in [1.29, 1.82) is 0 Å². The molecule has 1 unspecified atom stereocenters. The molecule has 0 fully saturated rings. The highest BCUT2D eigenvalue weighted by Crippen LogP contribution is 2.39. The van der Waals surface area contributed by atoms with Crippen LogP contribution in [0.2, 0.25) is 5.02 Å². The first-order chi connectivity index (χ1) is 17.2. The number of para-hydroxylation sites is 2. The van der Waals surface area contributed by atoms with Crippen molar-refractivity contribution in [2.24, 2.45) is 11.1 Å². The lowest BCUT2D eigenvalue weighted by atomic mass is 9.88. The largest absolute Gasteiger partial charge is 0.573 e. The number of aromatic nitrogens is 2. The second kappa shape index (κ2) is 9.62. The third-order valence-electron chi connectivity index (χ3n) is 5.75. The van der Waals surface area contributed by atoms with Crippen molar-refractivity contribution in [2.75, 3.05) is 0 Å². The van der Waals surface area contributed by atoms with Crippen molar-refractivity contribution in [2.45, 2.75) is 46.3 Å². The van der Waals surface area contributed by atoms with E-state index in [1.165, 1.54) is 27.8 Å². The second-order valence-corrected chi connectivity index (χ2v) is 10.0. The van der Waals surface area contributed by atoms with E-state index in [-0.39, 0.29) is 18.8 Å². The van der Waals surface area contributed by atoms with Gasteiger partial charge in [0.15, 0.2) is 11.9 Å². The summed E-state index contributed by atoms with van der Waals surface area (Å²) >= 11 is 6.06. The Balaban J connectivity index is 1.79. The first-order valence-electron chi connectivity index (χ1n) is 11.2.